The van der Waals surface area contributed by atoms with Crippen LogP contribution in [0, 0.1) is 0 Å². The molecule has 1 aromatic carbocycles. The fourth-order valence-electron chi connectivity index (χ4n) is 2.41. The van der Waals surface area contributed by atoms with E-state index >= 15 is 0 Å². The van der Waals surface area contributed by atoms with Crippen LogP contribution in [-0.4, -0.2) is 18.9 Å². The van der Waals surface area contributed by atoms with Crippen molar-refractivity contribution >= 4 is 0 Å². The predicted octanol–water partition coefficient (Wildman–Crippen LogP) is 3.66. The van der Waals surface area contributed by atoms with E-state index in [2.05, 4.69) is 10.1 Å². The molecule has 1 heterocycles. The SMILES string of the molecule is FC(F)(F)Oc1cccc(CCC2CCCCN2)c1. The Hall–Kier alpha value is -1.23. The van der Waals surface area contributed by atoms with Gasteiger partial charge in [0.1, 0.15) is 5.75 Å². The molecule has 1 aromatic rings. The summed E-state index contributed by atoms with van der Waals surface area (Å²) in [4.78, 5) is 0. The summed E-state index contributed by atoms with van der Waals surface area (Å²) in [6.07, 6.45) is 0.699. The van der Waals surface area contributed by atoms with Crippen LogP contribution in [0.15, 0.2) is 24.3 Å². The first-order valence-electron chi connectivity index (χ1n) is 6.61. The van der Waals surface area contributed by atoms with Gasteiger partial charge in [-0.2, -0.15) is 0 Å². The predicted molar refractivity (Wildman–Crippen MR) is 67.1 cm³/mol. The second-order valence-corrected chi connectivity index (χ2v) is 4.88. The number of aryl methyl sites for hydroxylation is 1. The third-order valence-corrected chi connectivity index (χ3v) is 3.33. The first-order chi connectivity index (χ1) is 9.03. The van der Waals surface area contributed by atoms with E-state index in [0.29, 0.717) is 6.04 Å². The number of benzene rings is 1. The van der Waals surface area contributed by atoms with Gasteiger partial charge in [-0.05, 0) is 49.9 Å². The molecule has 1 unspecified atom stereocenters. The Bertz CT molecular complexity index is 400. The zero-order valence-corrected chi connectivity index (χ0v) is 10.7. The number of piperidine rings is 1. The number of hydrogen-bond acceptors (Lipinski definition) is 2. The molecular formula is C14H18F3NO. The van der Waals surface area contributed by atoms with Crippen molar-refractivity contribution in [3.05, 3.63) is 29.8 Å². The summed E-state index contributed by atoms with van der Waals surface area (Å²) < 4.78 is 40.3. The van der Waals surface area contributed by atoms with Crippen LogP contribution >= 0.6 is 0 Å². The lowest BCUT2D eigenvalue weighted by Crippen LogP contribution is -2.34. The average Bonchev–Trinajstić information content (AvgIpc) is 2.36. The highest BCUT2D eigenvalue weighted by Gasteiger charge is 2.31. The normalized spacial score (nSPS) is 20.3. The molecule has 1 saturated heterocycles. The van der Waals surface area contributed by atoms with Crippen molar-refractivity contribution in [2.45, 2.75) is 44.5 Å². The van der Waals surface area contributed by atoms with Crippen LogP contribution < -0.4 is 10.1 Å². The average molecular weight is 273 g/mol. The Morgan fingerprint density at radius 1 is 1.26 bits per heavy atom. The van der Waals surface area contributed by atoms with Crippen molar-refractivity contribution in [3.8, 4) is 5.75 Å². The van der Waals surface area contributed by atoms with E-state index in [0.717, 1.165) is 31.4 Å². The van der Waals surface area contributed by atoms with Crippen molar-refractivity contribution in [1.82, 2.24) is 5.32 Å². The van der Waals surface area contributed by atoms with Crippen molar-refractivity contribution in [2.24, 2.45) is 0 Å². The van der Waals surface area contributed by atoms with Crippen LogP contribution in [0.25, 0.3) is 0 Å². The molecule has 0 spiro atoms. The molecule has 0 bridgehead atoms. The van der Waals surface area contributed by atoms with E-state index in [-0.39, 0.29) is 5.75 Å². The molecule has 0 radical (unpaired) electrons. The molecule has 0 amide bonds. The Morgan fingerprint density at radius 2 is 2.11 bits per heavy atom. The summed E-state index contributed by atoms with van der Waals surface area (Å²) in [7, 11) is 0. The van der Waals surface area contributed by atoms with Crippen LogP contribution in [0.5, 0.6) is 5.75 Å². The summed E-state index contributed by atoms with van der Waals surface area (Å²) in [5.41, 5.74) is 0.883. The molecular weight excluding hydrogens is 255 g/mol. The number of alkyl halides is 3. The van der Waals surface area contributed by atoms with Gasteiger partial charge in [-0.1, -0.05) is 18.6 Å². The molecule has 0 aromatic heterocycles. The molecule has 2 nitrogen and oxygen atoms in total. The minimum absolute atomic E-state index is 0.137. The van der Waals surface area contributed by atoms with Gasteiger partial charge in [0.15, 0.2) is 0 Å². The third-order valence-electron chi connectivity index (χ3n) is 3.33. The number of halogens is 3. The Labute approximate surface area is 111 Å². The van der Waals surface area contributed by atoms with Crippen molar-refractivity contribution in [3.63, 3.8) is 0 Å². The Morgan fingerprint density at radius 3 is 2.79 bits per heavy atom. The molecule has 106 valence electrons. The molecule has 2 rings (SSSR count). The van der Waals surface area contributed by atoms with E-state index in [9.17, 15) is 13.2 Å². The van der Waals surface area contributed by atoms with Gasteiger partial charge in [0.05, 0.1) is 0 Å². The van der Waals surface area contributed by atoms with Crippen molar-refractivity contribution in [2.75, 3.05) is 6.54 Å². The summed E-state index contributed by atoms with van der Waals surface area (Å²) in [6, 6.07) is 6.73. The second kappa shape index (κ2) is 6.28. The zero-order chi connectivity index (χ0) is 13.7. The lowest BCUT2D eigenvalue weighted by atomic mass is 9.98. The van der Waals surface area contributed by atoms with Crippen molar-refractivity contribution < 1.29 is 17.9 Å². The largest absolute Gasteiger partial charge is 0.573 e. The maximum atomic E-state index is 12.1. The fourth-order valence-corrected chi connectivity index (χ4v) is 2.41. The second-order valence-electron chi connectivity index (χ2n) is 4.88. The zero-order valence-electron chi connectivity index (χ0n) is 10.7. The highest BCUT2D eigenvalue weighted by atomic mass is 19.4. The third kappa shape index (κ3) is 5.11. The Balaban J connectivity index is 1.87. The molecule has 1 fully saturated rings. The van der Waals surface area contributed by atoms with Gasteiger partial charge >= 0.3 is 6.36 Å². The van der Waals surface area contributed by atoms with Crippen LogP contribution in [0.3, 0.4) is 0 Å². The highest BCUT2D eigenvalue weighted by Crippen LogP contribution is 2.24. The summed E-state index contributed by atoms with van der Waals surface area (Å²) in [5, 5.41) is 3.43. The van der Waals surface area contributed by atoms with Crippen LogP contribution in [-0.2, 0) is 6.42 Å². The lowest BCUT2D eigenvalue weighted by molar-refractivity contribution is -0.274. The van der Waals surface area contributed by atoms with E-state index in [1.807, 2.05) is 6.07 Å². The molecule has 1 atom stereocenters. The maximum Gasteiger partial charge on any atom is 0.573 e. The fraction of sp³-hybridized carbons (Fsp3) is 0.571. The molecule has 1 N–H and O–H groups in total. The standard InChI is InChI=1S/C14H18F3NO/c15-14(16,17)19-13-6-3-4-11(10-13)7-8-12-5-1-2-9-18-12/h3-4,6,10,12,18H,1-2,5,7-9H2. The molecule has 5 heteroatoms. The van der Waals surface area contributed by atoms with Crippen LogP contribution in [0.4, 0.5) is 13.2 Å². The van der Waals surface area contributed by atoms with Gasteiger partial charge in [-0.15, -0.1) is 13.2 Å². The first kappa shape index (κ1) is 14.2. The van der Waals surface area contributed by atoms with Gasteiger partial charge < -0.3 is 10.1 Å². The first-order valence-corrected chi connectivity index (χ1v) is 6.61. The summed E-state index contributed by atoms with van der Waals surface area (Å²) >= 11 is 0. The Kier molecular flexibility index (Phi) is 4.69. The van der Waals surface area contributed by atoms with Crippen LogP contribution in [0.2, 0.25) is 0 Å². The monoisotopic (exact) mass is 273 g/mol. The minimum atomic E-state index is -4.62. The molecule has 0 aliphatic carbocycles. The van der Waals surface area contributed by atoms with Gasteiger partial charge in [-0.25, -0.2) is 0 Å². The topological polar surface area (TPSA) is 21.3 Å². The van der Waals surface area contributed by atoms with Gasteiger partial charge in [-0.3, -0.25) is 0 Å². The van der Waals surface area contributed by atoms with E-state index in [1.165, 1.54) is 25.0 Å². The smallest absolute Gasteiger partial charge is 0.406 e. The van der Waals surface area contributed by atoms with Gasteiger partial charge in [0.2, 0.25) is 0 Å². The van der Waals surface area contributed by atoms with Gasteiger partial charge in [0, 0.05) is 6.04 Å². The number of hydrogen-bond donors (Lipinski definition) is 1. The molecule has 1 aliphatic rings. The number of ether oxygens (including phenoxy) is 1. The number of nitrogens with one attached hydrogen (secondary N) is 1. The number of rotatable bonds is 4. The highest BCUT2D eigenvalue weighted by molar-refractivity contribution is 5.28. The summed E-state index contributed by atoms with van der Waals surface area (Å²) in [5.74, 6) is -0.137. The summed E-state index contributed by atoms with van der Waals surface area (Å²) in [6.45, 7) is 1.04. The van der Waals surface area contributed by atoms with Crippen LogP contribution in [0.1, 0.15) is 31.2 Å². The van der Waals surface area contributed by atoms with E-state index in [4.69, 9.17) is 0 Å². The quantitative estimate of drug-likeness (QED) is 0.904. The van der Waals surface area contributed by atoms with Gasteiger partial charge in [0.25, 0.3) is 0 Å². The van der Waals surface area contributed by atoms with E-state index in [1.54, 1.807) is 6.07 Å². The molecule has 0 saturated carbocycles. The van der Waals surface area contributed by atoms with Crippen molar-refractivity contribution in [1.29, 1.82) is 0 Å². The minimum Gasteiger partial charge on any atom is -0.406 e. The molecule has 19 heavy (non-hydrogen) atoms. The maximum absolute atomic E-state index is 12.1. The lowest BCUT2D eigenvalue weighted by Gasteiger charge is -2.23. The van der Waals surface area contributed by atoms with E-state index < -0.39 is 6.36 Å². The molecule has 1 aliphatic heterocycles.